The van der Waals surface area contributed by atoms with Gasteiger partial charge >= 0.3 is 6.09 Å². The van der Waals surface area contributed by atoms with Crippen molar-refractivity contribution in [2.24, 2.45) is 0 Å². The van der Waals surface area contributed by atoms with Gasteiger partial charge in [0.15, 0.2) is 0 Å². The molecule has 0 bridgehead atoms. The van der Waals surface area contributed by atoms with Gasteiger partial charge in [0.25, 0.3) is 5.91 Å². The number of carbonyl (C=O) groups is 3. The van der Waals surface area contributed by atoms with Crippen molar-refractivity contribution in [3.8, 4) is 0 Å². The average molecular weight is 262 g/mol. The maximum Gasteiger partial charge on any atom is 0.408 e. The topological polar surface area (TPSA) is 75.7 Å². The van der Waals surface area contributed by atoms with Gasteiger partial charge in [-0.1, -0.05) is 30.3 Å². The molecule has 0 spiro atoms. The van der Waals surface area contributed by atoms with Crippen LogP contribution in [0.4, 0.5) is 4.79 Å². The van der Waals surface area contributed by atoms with Gasteiger partial charge < -0.3 is 10.1 Å². The van der Waals surface area contributed by atoms with Gasteiger partial charge in [0.2, 0.25) is 5.91 Å². The van der Waals surface area contributed by atoms with Crippen LogP contribution in [0.1, 0.15) is 12.0 Å². The number of nitrogens with one attached hydrogen (secondary N) is 1. The van der Waals surface area contributed by atoms with E-state index in [0.29, 0.717) is 0 Å². The van der Waals surface area contributed by atoms with Crippen LogP contribution in [-0.4, -0.2) is 35.9 Å². The molecule has 0 radical (unpaired) electrons. The largest absolute Gasteiger partial charge is 0.445 e. The standard InChI is InChI=1S/C13H14N2O4/c1-15-11(16)7-10(12(15)17)14-13(18)19-8-9-5-3-2-4-6-9/h2-6,10H,7-8H2,1H3,(H,14,18)/t10-/m1/s1. The summed E-state index contributed by atoms with van der Waals surface area (Å²) in [5, 5.41) is 2.39. The van der Waals surface area contributed by atoms with Crippen LogP contribution in [0.15, 0.2) is 30.3 Å². The average Bonchev–Trinajstić information content (AvgIpc) is 2.65. The van der Waals surface area contributed by atoms with E-state index in [4.69, 9.17) is 4.74 Å². The zero-order valence-corrected chi connectivity index (χ0v) is 10.5. The Morgan fingerprint density at radius 1 is 1.37 bits per heavy atom. The van der Waals surface area contributed by atoms with E-state index in [0.717, 1.165) is 10.5 Å². The zero-order chi connectivity index (χ0) is 13.8. The zero-order valence-electron chi connectivity index (χ0n) is 10.5. The molecule has 3 amide bonds. The van der Waals surface area contributed by atoms with Crippen molar-refractivity contribution >= 4 is 17.9 Å². The molecule has 1 aromatic rings. The highest BCUT2D eigenvalue weighted by Gasteiger charge is 2.37. The molecule has 2 rings (SSSR count). The van der Waals surface area contributed by atoms with Crippen molar-refractivity contribution < 1.29 is 19.1 Å². The normalized spacial score (nSPS) is 18.6. The van der Waals surface area contributed by atoms with Crippen LogP contribution in [-0.2, 0) is 20.9 Å². The van der Waals surface area contributed by atoms with Crippen molar-refractivity contribution in [3.63, 3.8) is 0 Å². The number of likely N-dealkylation sites (tertiary alicyclic amines) is 1. The molecule has 6 heteroatoms. The molecule has 0 unspecified atom stereocenters. The van der Waals surface area contributed by atoms with E-state index >= 15 is 0 Å². The Kier molecular flexibility index (Phi) is 3.79. The van der Waals surface area contributed by atoms with E-state index in [1.165, 1.54) is 7.05 Å². The number of alkyl carbamates (subject to hydrolysis) is 1. The van der Waals surface area contributed by atoms with E-state index in [9.17, 15) is 14.4 Å². The molecule has 1 aliphatic rings. The molecule has 0 aromatic heterocycles. The van der Waals surface area contributed by atoms with Crippen molar-refractivity contribution in [2.75, 3.05) is 7.05 Å². The third-order valence-corrected chi connectivity index (χ3v) is 2.89. The number of imide groups is 1. The van der Waals surface area contributed by atoms with Gasteiger partial charge in [-0.05, 0) is 5.56 Å². The second kappa shape index (κ2) is 5.51. The van der Waals surface area contributed by atoms with E-state index < -0.39 is 18.0 Å². The number of ether oxygens (including phenoxy) is 1. The number of nitrogens with zero attached hydrogens (tertiary/aromatic N) is 1. The number of likely N-dealkylation sites (N-methyl/N-ethyl adjacent to an activating group) is 1. The van der Waals surface area contributed by atoms with Gasteiger partial charge in [0.05, 0.1) is 6.42 Å². The van der Waals surface area contributed by atoms with Gasteiger partial charge in [0.1, 0.15) is 12.6 Å². The highest BCUT2D eigenvalue weighted by Crippen LogP contribution is 2.10. The number of benzene rings is 1. The van der Waals surface area contributed by atoms with Gasteiger partial charge in [0, 0.05) is 7.05 Å². The Balaban J connectivity index is 1.82. The highest BCUT2D eigenvalue weighted by molar-refractivity contribution is 6.06. The van der Waals surface area contributed by atoms with Crippen LogP contribution in [0.5, 0.6) is 0 Å². The summed E-state index contributed by atoms with van der Waals surface area (Å²) >= 11 is 0. The molecule has 1 atom stereocenters. The summed E-state index contributed by atoms with van der Waals surface area (Å²) in [7, 11) is 1.39. The first-order chi connectivity index (χ1) is 9.08. The molecule has 19 heavy (non-hydrogen) atoms. The predicted octanol–water partition coefficient (Wildman–Crippen LogP) is 0.670. The van der Waals surface area contributed by atoms with Crippen LogP contribution in [0.25, 0.3) is 0 Å². The minimum Gasteiger partial charge on any atom is -0.445 e. The molecule has 6 nitrogen and oxygen atoms in total. The fourth-order valence-corrected chi connectivity index (χ4v) is 1.78. The SMILES string of the molecule is CN1C(=O)C[C@@H](NC(=O)OCc2ccccc2)C1=O. The Bertz CT molecular complexity index is 501. The fraction of sp³-hybridized carbons (Fsp3) is 0.308. The molecule has 0 aliphatic carbocycles. The molecule has 1 aliphatic heterocycles. The molecule has 0 saturated carbocycles. The van der Waals surface area contributed by atoms with E-state index in [1.807, 2.05) is 30.3 Å². The summed E-state index contributed by atoms with van der Waals surface area (Å²) in [5.74, 6) is -0.722. The van der Waals surface area contributed by atoms with Crippen LogP contribution < -0.4 is 5.32 Å². The summed E-state index contributed by atoms with van der Waals surface area (Å²) < 4.78 is 4.98. The lowest BCUT2D eigenvalue weighted by molar-refractivity contribution is -0.137. The van der Waals surface area contributed by atoms with Crippen LogP contribution >= 0.6 is 0 Å². The summed E-state index contributed by atoms with van der Waals surface area (Å²) in [6.07, 6.45) is -0.722. The molecule has 100 valence electrons. The summed E-state index contributed by atoms with van der Waals surface area (Å²) in [6.45, 7) is 0.122. The third-order valence-electron chi connectivity index (χ3n) is 2.89. The molecule has 1 saturated heterocycles. The minimum absolute atomic E-state index is 0.0181. The second-order valence-electron chi connectivity index (χ2n) is 4.25. The molecular weight excluding hydrogens is 248 g/mol. The lowest BCUT2D eigenvalue weighted by atomic mass is 10.2. The molecule has 1 heterocycles. The van der Waals surface area contributed by atoms with Crippen molar-refractivity contribution in [2.45, 2.75) is 19.1 Å². The van der Waals surface area contributed by atoms with Gasteiger partial charge in [-0.25, -0.2) is 4.79 Å². The highest BCUT2D eigenvalue weighted by atomic mass is 16.5. The van der Waals surface area contributed by atoms with Crippen molar-refractivity contribution in [1.82, 2.24) is 10.2 Å². The molecule has 1 N–H and O–H groups in total. The minimum atomic E-state index is -0.819. The Morgan fingerprint density at radius 2 is 2.05 bits per heavy atom. The van der Waals surface area contributed by atoms with Crippen LogP contribution in [0.2, 0.25) is 0 Å². The molecule has 1 fully saturated rings. The van der Waals surface area contributed by atoms with E-state index in [-0.39, 0.29) is 18.9 Å². The van der Waals surface area contributed by atoms with E-state index in [2.05, 4.69) is 5.32 Å². The molecule has 1 aromatic carbocycles. The maximum atomic E-state index is 11.6. The maximum absolute atomic E-state index is 11.6. The number of amides is 3. The lowest BCUT2D eigenvalue weighted by Gasteiger charge is -2.11. The number of hydrogen-bond donors (Lipinski definition) is 1. The lowest BCUT2D eigenvalue weighted by Crippen LogP contribution is -2.40. The van der Waals surface area contributed by atoms with Gasteiger partial charge in [-0.15, -0.1) is 0 Å². The first kappa shape index (κ1) is 13.1. The van der Waals surface area contributed by atoms with Crippen molar-refractivity contribution in [1.29, 1.82) is 0 Å². The number of hydrogen-bond acceptors (Lipinski definition) is 4. The Labute approximate surface area is 110 Å². The Morgan fingerprint density at radius 3 is 2.63 bits per heavy atom. The molecular formula is C13H14N2O4. The number of rotatable bonds is 3. The third kappa shape index (κ3) is 3.09. The Hall–Kier alpha value is -2.37. The monoisotopic (exact) mass is 262 g/mol. The first-order valence-electron chi connectivity index (χ1n) is 5.85. The van der Waals surface area contributed by atoms with Crippen LogP contribution in [0.3, 0.4) is 0 Å². The predicted molar refractivity (Wildman–Crippen MR) is 65.9 cm³/mol. The second-order valence-corrected chi connectivity index (χ2v) is 4.25. The first-order valence-corrected chi connectivity index (χ1v) is 5.85. The summed E-state index contributed by atoms with van der Waals surface area (Å²) in [6, 6.07) is 8.37. The summed E-state index contributed by atoms with van der Waals surface area (Å²) in [5.41, 5.74) is 0.851. The van der Waals surface area contributed by atoms with E-state index in [1.54, 1.807) is 0 Å². The smallest absolute Gasteiger partial charge is 0.408 e. The number of carbonyl (C=O) groups excluding carboxylic acids is 3. The van der Waals surface area contributed by atoms with Crippen molar-refractivity contribution in [3.05, 3.63) is 35.9 Å². The fourth-order valence-electron chi connectivity index (χ4n) is 1.78. The van der Waals surface area contributed by atoms with Crippen LogP contribution in [0, 0.1) is 0 Å². The quantitative estimate of drug-likeness (QED) is 0.812. The van der Waals surface area contributed by atoms with Gasteiger partial charge in [-0.3, -0.25) is 14.5 Å². The summed E-state index contributed by atoms with van der Waals surface area (Å²) in [4.78, 5) is 35.3. The van der Waals surface area contributed by atoms with Gasteiger partial charge in [-0.2, -0.15) is 0 Å².